The Hall–Kier alpha value is -0.390. The maximum absolute atomic E-state index is 12.4. The number of likely N-dealkylation sites (N-methyl/N-ethyl adjacent to an activating group) is 1. The molecule has 1 aromatic carbocycles. The fourth-order valence-electron chi connectivity index (χ4n) is 2.23. The Kier molecular flexibility index (Phi) is 4.81. The summed E-state index contributed by atoms with van der Waals surface area (Å²) in [4.78, 5) is 14.4. The summed E-state index contributed by atoms with van der Waals surface area (Å²) in [5.41, 5.74) is 0.731. The Labute approximate surface area is 124 Å². The van der Waals surface area contributed by atoms with Crippen molar-refractivity contribution in [3.63, 3.8) is 0 Å². The molecule has 1 aliphatic heterocycles. The smallest absolute Gasteiger partial charge is 0.255 e. The van der Waals surface area contributed by atoms with E-state index in [0.29, 0.717) is 6.04 Å². The molecular formula is C13H16Br2N2O. The first-order valence-electron chi connectivity index (χ1n) is 6.03. The lowest BCUT2D eigenvalue weighted by Gasteiger charge is -2.32. The number of nitrogens with one attached hydrogen (secondary N) is 1. The van der Waals surface area contributed by atoms with Gasteiger partial charge in [0.05, 0.1) is 5.56 Å². The van der Waals surface area contributed by atoms with Gasteiger partial charge >= 0.3 is 0 Å². The maximum Gasteiger partial charge on any atom is 0.255 e. The molecule has 1 saturated heterocycles. The normalized spacial score (nSPS) is 19.9. The molecule has 0 saturated carbocycles. The monoisotopic (exact) mass is 374 g/mol. The molecule has 0 radical (unpaired) electrons. The first kappa shape index (κ1) is 14.0. The van der Waals surface area contributed by atoms with Crippen molar-refractivity contribution < 1.29 is 4.79 Å². The molecule has 2 rings (SSSR count). The van der Waals surface area contributed by atoms with Crippen LogP contribution < -0.4 is 5.32 Å². The van der Waals surface area contributed by atoms with Crippen LogP contribution in [0.1, 0.15) is 23.2 Å². The van der Waals surface area contributed by atoms with Gasteiger partial charge in [0.2, 0.25) is 0 Å². The molecule has 0 aromatic heterocycles. The number of rotatable bonds is 2. The lowest BCUT2D eigenvalue weighted by atomic mass is 10.0. The SMILES string of the molecule is CNC1CCCN(C(=O)c2ccc(Br)cc2Br)C1. The van der Waals surface area contributed by atoms with Gasteiger partial charge in [-0.2, -0.15) is 0 Å². The molecule has 1 N–H and O–H groups in total. The highest BCUT2D eigenvalue weighted by Crippen LogP contribution is 2.24. The Morgan fingerprint density at radius 1 is 1.44 bits per heavy atom. The third kappa shape index (κ3) is 3.13. The van der Waals surface area contributed by atoms with Crippen LogP contribution in [0, 0.1) is 0 Å². The van der Waals surface area contributed by atoms with Crippen LogP contribution in [0.5, 0.6) is 0 Å². The minimum atomic E-state index is 0.106. The predicted octanol–water partition coefficient (Wildman–Crippen LogP) is 3.04. The van der Waals surface area contributed by atoms with E-state index in [1.807, 2.05) is 30.1 Å². The summed E-state index contributed by atoms with van der Waals surface area (Å²) in [6.07, 6.45) is 2.20. The fraction of sp³-hybridized carbons (Fsp3) is 0.462. The molecule has 1 aliphatic rings. The van der Waals surface area contributed by atoms with Crippen molar-refractivity contribution in [2.75, 3.05) is 20.1 Å². The fourth-order valence-corrected chi connectivity index (χ4v) is 3.45. The summed E-state index contributed by atoms with van der Waals surface area (Å²) in [6.45, 7) is 1.64. The number of amides is 1. The number of likely N-dealkylation sites (tertiary alicyclic amines) is 1. The van der Waals surface area contributed by atoms with Crippen molar-refractivity contribution in [3.8, 4) is 0 Å². The van der Waals surface area contributed by atoms with E-state index in [2.05, 4.69) is 37.2 Å². The van der Waals surface area contributed by atoms with E-state index in [4.69, 9.17) is 0 Å². The van der Waals surface area contributed by atoms with Gasteiger partial charge in [0.1, 0.15) is 0 Å². The highest BCUT2D eigenvalue weighted by atomic mass is 79.9. The van der Waals surface area contributed by atoms with E-state index in [9.17, 15) is 4.79 Å². The molecule has 0 spiro atoms. The number of benzene rings is 1. The summed E-state index contributed by atoms with van der Waals surface area (Å²) in [5, 5.41) is 3.25. The van der Waals surface area contributed by atoms with Gasteiger partial charge in [-0.15, -0.1) is 0 Å². The summed E-state index contributed by atoms with van der Waals surface area (Å²) >= 11 is 6.85. The summed E-state index contributed by atoms with van der Waals surface area (Å²) in [6, 6.07) is 6.08. The Bertz CT molecular complexity index is 451. The van der Waals surface area contributed by atoms with Gasteiger partial charge in [-0.25, -0.2) is 0 Å². The zero-order valence-corrected chi connectivity index (χ0v) is 13.4. The molecule has 1 amide bonds. The van der Waals surface area contributed by atoms with Crippen LogP contribution in [0.15, 0.2) is 27.1 Å². The molecule has 1 unspecified atom stereocenters. The Morgan fingerprint density at radius 3 is 2.89 bits per heavy atom. The first-order chi connectivity index (χ1) is 8.61. The van der Waals surface area contributed by atoms with Crippen molar-refractivity contribution in [2.45, 2.75) is 18.9 Å². The van der Waals surface area contributed by atoms with E-state index in [0.717, 1.165) is 40.4 Å². The van der Waals surface area contributed by atoms with Crippen LogP contribution in [-0.2, 0) is 0 Å². The van der Waals surface area contributed by atoms with E-state index in [-0.39, 0.29) is 5.91 Å². The second-order valence-electron chi connectivity index (χ2n) is 4.50. The number of carbonyl (C=O) groups excluding carboxylic acids is 1. The third-order valence-electron chi connectivity index (χ3n) is 3.28. The molecule has 0 bridgehead atoms. The molecule has 1 aromatic rings. The van der Waals surface area contributed by atoms with Gasteiger partial charge < -0.3 is 10.2 Å². The quantitative estimate of drug-likeness (QED) is 0.861. The van der Waals surface area contributed by atoms with Crippen LogP contribution in [0.25, 0.3) is 0 Å². The van der Waals surface area contributed by atoms with E-state index in [1.165, 1.54) is 0 Å². The molecule has 3 nitrogen and oxygen atoms in total. The van der Waals surface area contributed by atoms with Gasteiger partial charge in [-0.1, -0.05) is 15.9 Å². The van der Waals surface area contributed by atoms with Crippen molar-refractivity contribution >= 4 is 37.8 Å². The van der Waals surface area contributed by atoms with Crippen LogP contribution in [0.3, 0.4) is 0 Å². The molecule has 1 heterocycles. The van der Waals surface area contributed by atoms with E-state index < -0.39 is 0 Å². The van der Waals surface area contributed by atoms with Gasteiger partial charge in [0.25, 0.3) is 5.91 Å². The minimum absolute atomic E-state index is 0.106. The number of hydrogen-bond donors (Lipinski definition) is 1. The molecule has 98 valence electrons. The third-order valence-corrected chi connectivity index (χ3v) is 4.43. The van der Waals surface area contributed by atoms with Crippen LogP contribution in [0.2, 0.25) is 0 Å². The number of halogens is 2. The first-order valence-corrected chi connectivity index (χ1v) is 7.62. The molecular weight excluding hydrogens is 360 g/mol. The number of carbonyl (C=O) groups is 1. The van der Waals surface area contributed by atoms with Gasteiger partial charge in [0, 0.05) is 28.1 Å². The lowest BCUT2D eigenvalue weighted by molar-refractivity contribution is 0.0697. The van der Waals surface area contributed by atoms with Crippen molar-refractivity contribution in [1.82, 2.24) is 10.2 Å². The second kappa shape index (κ2) is 6.17. The average molecular weight is 376 g/mol. The summed E-state index contributed by atoms with van der Waals surface area (Å²) in [5.74, 6) is 0.106. The van der Waals surface area contributed by atoms with Crippen LogP contribution >= 0.6 is 31.9 Å². The van der Waals surface area contributed by atoms with Gasteiger partial charge in [-0.3, -0.25) is 4.79 Å². The van der Waals surface area contributed by atoms with Gasteiger partial charge in [0.15, 0.2) is 0 Å². The Morgan fingerprint density at radius 2 is 2.22 bits per heavy atom. The zero-order valence-electron chi connectivity index (χ0n) is 10.2. The Balaban J connectivity index is 2.15. The molecule has 1 atom stereocenters. The molecule has 5 heteroatoms. The number of hydrogen-bond acceptors (Lipinski definition) is 2. The average Bonchev–Trinajstić information content (AvgIpc) is 2.38. The minimum Gasteiger partial charge on any atom is -0.337 e. The van der Waals surface area contributed by atoms with Crippen LogP contribution in [0.4, 0.5) is 0 Å². The van der Waals surface area contributed by atoms with Crippen molar-refractivity contribution in [2.24, 2.45) is 0 Å². The van der Waals surface area contributed by atoms with E-state index in [1.54, 1.807) is 0 Å². The highest BCUT2D eigenvalue weighted by Gasteiger charge is 2.24. The summed E-state index contributed by atoms with van der Waals surface area (Å²) in [7, 11) is 1.95. The van der Waals surface area contributed by atoms with Crippen molar-refractivity contribution in [3.05, 3.63) is 32.7 Å². The lowest BCUT2D eigenvalue weighted by Crippen LogP contribution is -2.47. The van der Waals surface area contributed by atoms with Gasteiger partial charge in [-0.05, 0) is 54.0 Å². The highest BCUT2D eigenvalue weighted by molar-refractivity contribution is 9.11. The molecule has 18 heavy (non-hydrogen) atoms. The van der Waals surface area contributed by atoms with E-state index >= 15 is 0 Å². The topological polar surface area (TPSA) is 32.3 Å². The van der Waals surface area contributed by atoms with Crippen LogP contribution in [-0.4, -0.2) is 37.0 Å². The number of piperidine rings is 1. The van der Waals surface area contributed by atoms with Crippen molar-refractivity contribution in [1.29, 1.82) is 0 Å². The second-order valence-corrected chi connectivity index (χ2v) is 6.27. The standard InChI is InChI=1S/C13H16Br2N2O/c1-16-10-3-2-6-17(8-10)13(18)11-5-4-9(14)7-12(11)15/h4-5,7,10,16H,2-3,6,8H2,1H3. The molecule has 1 fully saturated rings. The summed E-state index contributed by atoms with van der Waals surface area (Å²) < 4.78 is 1.81. The molecule has 0 aliphatic carbocycles. The number of nitrogens with zero attached hydrogens (tertiary/aromatic N) is 1. The largest absolute Gasteiger partial charge is 0.337 e. The maximum atomic E-state index is 12.4. The zero-order chi connectivity index (χ0) is 13.1. The predicted molar refractivity (Wildman–Crippen MR) is 79.8 cm³/mol.